The van der Waals surface area contributed by atoms with E-state index < -0.39 is 17.9 Å². The fourth-order valence-electron chi connectivity index (χ4n) is 2.79. The summed E-state index contributed by atoms with van der Waals surface area (Å²) >= 11 is 0. The third kappa shape index (κ3) is 4.72. The fraction of sp³-hybridized carbons (Fsp3) is 0.182. The Morgan fingerprint density at radius 3 is 2.27 bits per heavy atom. The smallest absolute Gasteiger partial charge is 0.360 e. The van der Waals surface area contributed by atoms with Gasteiger partial charge in [-0.1, -0.05) is 18.2 Å². The van der Waals surface area contributed by atoms with Gasteiger partial charge in [-0.3, -0.25) is 9.59 Å². The van der Waals surface area contributed by atoms with Crippen LogP contribution < -0.4 is 9.47 Å². The van der Waals surface area contributed by atoms with Gasteiger partial charge in [0.1, 0.15) is 18.1 Å². The van der Waals surface area contributed by atoms with Gasteiger partial charge < -0.3 is 18.9 Å². The molecule has 0 saturated carbocycles. The molecule has 8 heteroatoms. The fourth-order valence-corrected chi connectivity index (χ4v) is 2.79. The van der Waals surface area contributed by atoms with Crippen LogP contribution in [0.2, 0.25) is 0 Å². The molecule has 3 rings (SSSR count). The van der Waals surface area contributed by atoms with Gasteiger partial charge >= 0.3 is 17.9 Å². The molecule has 30 heavy (non-hydrogen) atoms. The normalized spacial score (nSPS) is 10.4. The maximum atomic E-state index is 12.3. The number of para-hydroxylation sites is 1. The molecule has 0 aliphatic heterocycles. The third-order valence-electron chi connectivity index (χ3n) is 4.02. The van der Waals surface area contributed by atoms with Crippen molar-refractivity contribution in [2.24, 2.45) is 0 Å². The van der Waals surface area contributed by atoms with Crippen LogP contribution in [0.3, 0.4) is 0 Å². The van der Waals surface area contributed by atoms with Crippen molar-refractivity contribution >= 4 is 28.7 Å². The Morgan fingerprint density at radius 1 is 0.900 bits per heavy atom. The van der Waals surface area contributed by atoms with Gasteiger partial charge in [-0.05, 0) is 30.3 Å². The maximum absolute atomic E-state index is 12.3. The number of rotatable bonds is 6. The second-order valence-electron chi connectivity index (χ2n) is 6.22. The quantitative estimate of drug-likeness (QED) is 0.567. The zero-order valence-electron chi connectivity index (χ0n) is 16.6. The molecule has 0 atom stereocenters. The number of esters is 3. The van der Waals surface area contributed by atoms with Crippen LogP contribution in [0, 0.1) is 0 Å². The van der Waals surface area contributed by atoms with E-state index in [1.165, 1.54) is 21.0 Å². The first-order chi connectivity index (χ1) is 14.4. The van der Waals surface area contributed by atoms with E-state index in [-0.39, 0.29) is 18.1 Å². The van der Waals surface area contributed by atoms with E-state index in [0.29, 0.717) is 28.0 Å². The molecule has 0 bridgehead atoms. The molecule has 0 aliphatic rings. The van der Waals surface area contributed by atoms with Crippen molar-refractivity contribution in [2.75, 3.05) is 7.11 Å². The van der Waals surface area contributed by atoms with Crippen molar-refractivity contribution in [3.63, 3.8) is 0 Å². The van der Waals surface area contributed by atoms with Crippen molar-refractivity contribution in [1.29, 1.82) is 0 Å². The summed E-state index contributed by atoms with van der Waals surface area (Å²) in [5, 5.41) is 0.914. The summed E-state index contributed by atoms with van der Waals surface area (Å²) in [6.45, 7) is 2.31. The molecular weight excluding hydrogens is 390 g/mol. The second-order valence-corrected chi connectivity index (χ2v) is 6.22. The molecule has 0 saturated heterocycles. The van der Waals surface area contributed by atoms with E-state index in [2.05, 4.69) is 4.98 Å². The number of hydrogen-bond donors (Lipinski definition) is 0. The van der Waals surface area contributed by atoms with Crippen molar-refractivity contribution in [2.45, 2.75) is 20.5 Å². The van der Waals surface area contributed by atoms with Crippen LogP contribution in [0.1, 0.15) is 30.0 Å². The summed E-state index contributed by atoms with van der Waals surface area (Å²) < 4.78 is 21.0. The Kier molecular flexibility index (Phi) is 6.26. The molecule has 0 radical (unpaired) electrons. The molecule has 154 valence electrons. The third-order valence-corrected chi connectivity index (χ3v) is 4.02. The molecule has 3 aromatic rings. The van der Waals surface area contributed by atoms with Crippen molar-refractivity contribution in [1.82, 2.24) is 4.98 Å². The number of carbonyl (C=O) groups excluding carboxylic acids is 3. The molecule has 1 heterocycles. The van der Waals surface area contributed by atoms with Crippen LogP contribution in [0.5, 0.6) is 17.2 Å². The number of pyridine rings is 1. The molecule has 0 fully saturated rings. The second kappa shape index (κ2) is 9.04. The minimum absolute atomic E-state index is 0.0607. The largest absolute Gasteiger partial charge is 0.464 e. The number of nitrogens with zero attached hydrogens (tertiary/aromatic N) is 1. The number of aromatic nitrogens is 1. The lowest BCUT2D eigenvalue weighted by molar-refractivity contribution is -0.142. The summed E-state index contributed by atoms with van der Waals surface area (Å²) in [6, 6.07) is 14.1. The summed E-state index contributed by atoms with van der Waals surface area (Å²) in [5.74, 6) is -0.945. The van der Waals surface area contributed by atoms with Gasteiger partial charge in [0, 0.05) is 24.6 Å². The summed E-state index contributed by atoms with van der Waals surface area (Å²) in [6.07, 6.45) is 0. The first-order valence-corrected chi connectivity index (χ1v) is 8.98. The van der Waals surface area contributed by atoms with E-state index in [0.717, 1.165) is 0 Å². The average Bonchev–Trinajstić information content (AvgIpc) is 2.72. The number of carbonyl (C=O) groups is 3. The topological polar surface area (TPSA) is 101 Å². The zero-order valence-corrected chi connectivity index (χ0v) is 16.6. The Bertz CT molecular complexity index is 1110. The van der Waals surface area contributed by atoms with Crippen LogP contribution >= 0.6 is 0 Å². The number of ether oxygens (including phenoxy) is 4. The van der Waals surface area contributed by atoms with Gasteiger partial charge in [0.05, 0.1) is 12.8 Å². The van der Waals surface area contributed by atoms with Gasteiger partial charge in [0.2, 0.25) is 0 Å². The lowest BCUT2D eigenvalue weighted by atomic mass is 10.1. The monoisotopic (exact) mass is 409 g/mol. The average molecular weight is 409 g/mol. The molecule has 1 aromatic heterocycles. The lowest BCUT2D eigenvalue weighted by Gasteiger charge is -2.15. The van der Waals surface area contributed by atoms with Gasteiger partial charge in [-0.25, -0.2) is 9.78 Å². The minimum Gasteiger partial charge on any atom is -0.464 e. The highest BCUT2D eigenvalue weighted by Crippen LogP contribution is 2.35. The number of methoxy groups -OCH3 is 1. The standard InChI is InChI=1S/C22H19NO7/c1-13(24)28-12-19-17-10-9-16(30-15-7-5-4-6-8-15)11-18(17)21(29-14(2)25)20(23-19)22(26)27-3/h4-11H,12H2,1-3H3. The van der Waals surface area contributed by atoms with Crippen LogP contribution in [-0.2, 0) is 25.7 Å². The maximum Gasteiger partial charge on any atom is 0.360 e. The number of hydrogen-bond acceptors (Lipinski definition) is 8. The molecular formula is C22H19NO7. The van der Waals surface area contributed by atoms with Gasteiger partial charge in [0.15, 0.2) is 11.4 Å². The molecule has 0 aliphatic carbocycles. The Hall–Kier alpha value is -3.94. The highest BCUT2D eigenvalue weighted by molar-refractivity contribution is 6.02. The molecule has 0 spiro atoms. The molecule has 2 aromatic carbocycles. The molecule has 0 unspecified atom stereocenters. The Balaban J connectivity index is 2.20. The first kappa shape index (κ1) is 20.8. The van der Waals surface area contributed by atoms with E-state index in [1.807, 2.05) is 18.2 Å². The first-order valence-electron chi connectivity index (χ1n) is 8.98. The van der Waals surface area contributed by atoms with Crippen LogP contribution in [0.15, 0.2) is 48.5 Å². The van der Waals surface area contributed by atoms with E-state index in [9.17, 15) is 14.4 Å². The van der Waals surface area contributed by atoms with Gasteiger partial charge in [0.25, 0.3) is 0 Å². The summed E-state index contributed by atoms with van der Waals surface area (Å²) in [4.78, 5) is 39.5. The van der Waals surface area contributed by atoms with Crippen LogP contribution in [0.4, 0.5) is 0 Å². The number of benzene rings is 2. The van der Waals surface area contributed by atoms with Crippen LogP contribution in [0.25, 0.3) is 10.8 Å². The summed E-state index contributed by atoms with van der Waals surface area (Å²) in [5.41, 5.74) is 0.0991. The Morgan fingerprint density at radius 2 is 1.63 bits per heavy atom. The Labute approximate surface area is 172 Å². The van der Waals surface area contributed by atoms with E-state index >= 15 is 0 Å². The van der Waals surface area contributed by atoms with Crippen LogP contribution in [-0.4, -0.2) is 30.0 Å². The lowest BCUT2D eigenvalue weighted by Crippen LogP contribution is -2.14. The molecule has 8 nitrogen and oxygen atoms in total. The van der Waals surface area contributed by atoms with E-state index in [4.69, 9.17) is 18.9 Å². The number of fused-ring (bicyclic) bond motifs is 1. The van der Waals surface area contributed by atoms with Gasteiger partial charge in [-0.2, -0.15) is 0 Å². The van der Waals surface area contributed by atoms with Crippen molar-refractivity contribution in [3.05, 3.63) is 59.9 Å². The predicted octanol–water partition coefficient (Wildman–Crippen LogP) is 3.80. The molecule has 0 N–H and O–H groups in total. The zero-order chi connectivity index (χ0) is 21.7. The van der Waals surface area contributed by atoms with E-state index in [1.54, 1.807) is 30.3 Å². The van der Waals surface area contributed by atoms with Gasteiger partial charge in [-0.15, -0.1) is 0 Å². The summed E-state index contributed by atoms with van der Waals surface area (Å²) in [7, 11) is 1.19. The predicted molar refractivity (Wildman–Crippen MR) is 106 cm³/mol. The van der Waals surface area contributed by atoms with Crippen molar-refractivity contribution in [3.8, 4) is 17.2 Å². The highest BCUT2D eigenvalue weighted by Gasteiger charge is 2.23. The SMILES string of the molecule is COC(=O)c1nc(COC(C)=O)c2ccc(Oc3ccccc3)cc2c1OC(C)=O. The highest BCUT2D eigenvalue weighted by atomic mass is 16.5. The minimum atomic E-state index is -0.799. The van der Waals surface area contributed by atoms with Crippen molar-refractivity contribution < 1.29 is 33.3 Å². The molecule has 0 amide bonds.